The summed E-state index contributed by atoms with van der Waals surface area (Å²) >= 11 is 0. The Hall–Kier alpha value is -11.9. The average Bonchev–Trinajstić information content (AvgIpc) is 1.63. The molecule has 14 rings (SSSR count). The van der Waals surface area contributed by atoms with E-state index >= 15 is 0 Å². The molecule has 6 aromatic carbocycles. The normalized spacial score (nSPS) is 14.8. The van der Waals surface area contributed by atoms with Gasteiger partial charge >= 0.3 is 6.09 Å². The van der Waals surface area contributed by atoms with Gasteiger partial charge in [0, 0.05) is 208 Å². The second-order valence-corrected chi connectivity index (χ2v) is 30.3. The molecule has 0 aliphatic carbocycles. The lowest BCUT2D eigenvalue weighted by Crippen LogP contribution is -2.41. The van der Waals surface area contributed by atoms with E-state index in [0.717, 1.165) is 184 Å². The van der Waals surface area contributed by atoms with Crippen molar-refractivity contribution in [1.82, 2.24) is 75.4 Å². The van der Waals surface area contributed by atoms with Crippen LogP contribution in [0.1, 0.15) is 99.2 Å². The van der Waals surface area contributed by atoms with Crippen LogP contribution in [0.5, 0.6) is 34.5 Å². The Kier molecular flexibility index (Phi) is 29.8. The molecular formula is C89H111N19O9. The van der Waals surface area contributed by atoms with Crippen LogP contribution in [0.2, 0.25) is 0 Å². The van der Waals surface area contributed by atoms with Crippen molar-refractivity contribution in [1.29, 1.82) is 5.26 Å². The zero-order valence-electron chi connectivity index (χ0n) is 69.0. The maximum Gasteiger partial charge on any atom is 0.410 e. The number of carbonyl (C=O) groups is 1. The number of piperidine rings is 1. The average molecular weight is 1590 g/mol. The number of ether oxygens (including phenoxy) is 8. The van der Waals surface area contributed by atoms with Crippen molar-refractivity contribution in [2.45, 2.75) is 118 Å². The topological polar surface area (TPSA) is 280 Å². The molecule has 0 radical (unpaired) electrons. The molecule has 1 amide bonds. The number of anilines is 6. The van der Waals surface area contributed by atoms with E-state index in [-0.39, 0.29) is 31.4 Å². The smallest absolute Gasteiger partial charge is 0.410 e. The lowest BCUT2D eigenvalue weighted by Gasteiger charge is -2.32. The highest BCUT2D eigenvalue weighted by Gasteiger charge is 2.28. The monoisotopic (exact) mass is 1590 g/mol. The number of hydrogen-bond acceptors (Lipinski definition) is 25. The van der Waals surface area contributed by atoms with Crippen molar-refractivity contribution in [3.05, 3.63) is 158 Å². The third-order valence-electron chi connectivity index (χ3n) is 20.0. The highest BCUT2D eigenvalue weighted by molar-refractivity contribution is 5.85. The molecule has 3 saturated heterocycles. The quantitative estimate of drug-likeness (QED) is 0.0403. The Morgan fingerprint density at radius 3 is 1.51 bits per heavy atom. The summed E-state index contributed by atoms with van der Waals surface area (Å²) in [4.78, 5) is 49.7. The van der Waals surface area contributed by atoms with Gasteiger partial charge in [-0.25, -0.2) is 24.8 Å². The van der Waals surface area contributed by atoms with Gasteiger partial charge in [0.05, 0.1) is 156 Å². The standard InChI is InChI=1S/C33H42N6O4.C28H34N6O3.C27H31N7O2.CH4/c1-33(2,3)43-32(40)38-14-11-23(12-15-38)8-7-13-39(26-16-27(41-5)19-28(17-26)42-6)25-9-10-29-30(18-25)36-31(21-34-29)24-20-35-37(4)22-24;1-19(2)29-8-9-33(23-11-24(35-3)14-25(12-23)36-4)21-5-6-26-27(13-21)32-28(16-30-26)20-15-31-34(17-20)22-7-10-37-18-22;1-19(2)29-9-11-34(22-12-23(35-3)15-24(13-22)36-4)21-6-7-25-26(14-21)32-27(17-30-25)20-16-31-33(18-20)10-5-8-28;/h9-10,16-19,21,23-24,35H,11-15,20,22H2,1-6H3;5-6,11-17,19,22,29H,7-10,18H2,1-4H3;6-7,12-19,29H,5,9-11H2,1-4H3;1H4. The fourth-order valence-corrected chi connectivity index (χ4v) is 13.8. The van der Waals surface area contributed by atoms with Crippen LogP contribution in [-0.4, -0.2) is 205 Å². The summed E-state index contributed by atoms with van der Waals surface area (Å²) in [5.41, 5.74) is 17.9. The summed E-state index contributed by atoms with van der Waals surface area (Å²) in [5, 5.41) is 26.8. The molecule has 0 saturated carbocycles. The Morgan fingerprint density at radius 2 is 1.06 bits per heavy atom. The third-order valence-corrected chi connectivity index (χ3v) is 20.0. The van der Waals surface area contributed by atoms with Crippen molar-refractivity contribution in [2.75, 3.05) is 137 Å². The van der Waals surface area contributed by atoms with E-state index in [1.54, 1.807) is 64.6 Å². The van der Waals surface area contributed by atoms with Gasteiger partial charge < -0.3 is 68.1 Å². The minimum atomic E-state index is -0.500. The van der Waals surface area contributed by atoms with Gasteiger partial charge in [-0.3, -0.25) is 29.7 Å². The highest BCUT2D eigenvalue weighted by atomic mass is 16.6. The lowest BCUT2D eigenvalue weighted by atomic mass is 9.98. The van der Waals surface area contributed by atoms with Gasteiger partial charge in [0.25, 0.3) is 0 Å². The van der Waals surface area contributed by atoms with E-state index < -0.39 is 5.60 Å². The zero-order chi connectivity index (χ0) is 81.8. The van der Waals surface area contributed by atoms with Crippen LogP contribution in [0.3, 0.4) is 0 Å². The van der Waals surface area contributed by atoms with Gasteiger partial charge in [-0.05, 0) is 94.6 Å². The molecule has 2 atom stereocenters. The molecule has 2 unspecified atom stereocenters. The number of likely N-dealkylation sites (N-methyl/N-ethyl adjacent to an activating group) is 1. The second kappa shape index (κ2) is 40.6. The van der Waals surface area contributed by atoms with E-state index in [1.165, 1.54) is 0 Å². The van der Waals surface area contributed by atoms with Crippen molar-refractivity contribution in [3.63, 3.8) is 0 Å². The van der Waals surface area contributed by atoms with Gasteiger partial charge in [0.1, 0.15) is 40.1 Å². The SMILES string of the molecule is C.COc1cc(OC)cc(N(CC#CC2CCN(C(=O)OC(C)(C)C)CC2)c2ccc3ncc(C4CNN(C)C4)nc3c2)c1.COc1cc(OC)cc(N(CCNC(C)C)c2ccc3ncc(-c4cnn(C5CCOC5)c4)nc3c2)c1.COc1cc(OC)cc(N(CCNC(C)C)c2ccc3ncc(-c4cnn(CCC#N)c4)nc3c2)c1. The number of rotatable bonds is 27. The van der Waals surface area contributed by atoms with Crippen LogP contribution < -0.4 is 59.2 Å². The van der Waals surface area contributed by atoms with Crippen LogP contribution in [0.15, 0.2) is 153 Å². The van der Waals surface area contributed by atoms with Crippen LogP contribution in [-0.2, 0) is 16.0 Å². The van der Waals surface area contributed by atoms with E-state index in [1.807, 2.05) is 142 Å². The molecule has 3 aliphatic rings. The van der Waals surface area contributed by atoms with Crippen molar-refractivity contribution in [3.8, 4) is 74.9 Å². The highest BCUT2D eigenvalue weighted by Crippen LogP contribution is 2.39. The van der Waals surface area contributed by atoms with Gasteiger partial charge in [-0.15, -0.1) is 0 Å². The number of hydrogen-bond donors (Lipinski definition) is 3. The Balaban J connectivity index is 0.000000172. The lowest BCUT2D eigenvalue weighted by molar-refractivity contribution is 0.0199. The summed E-state index contributed by atoms with van der Waals surface area (Å²) < 4.78 is 48.0. The number of aromatic nitrogens is 10. The van der Waals surface area contributed by atoms with Crippen LogP contribution >= 0.6 is 0 Å². The van der Waals surface area contributed by atoms with Crippen molar-refractivity contribution in [2.24, 2.45) is 5.92 Å². The molecule has 616 valence electrons. The van der Waals surface area contributed by atoms with Crippen molar-refractivity contribution >= 4 is 73.3 Å². The number of nitrogens with one attached hydrogen (secondary N) is 3. The predicted molar refractivity (Wildman–Crippen MR) is 460 cm³/mol. The molecule has 3 aliphatic heterocycles. The van der Waals surface area contributed by atoms with Crippen molar-refractivity contribution < 1.29 is 42.7 Å². The maximum atomic E-state index is 12.5. The Labute approximate surface area is 686 Å². The van der Waals surface area contributed by atoms with Crippen LogP contribution in [0, 0.1) is 29.1 Å². The largest absolute Gasteiger partial charge is 0.497 e. The minimum absolute atomic E-state index is 0. The molecule has 11 aromatic rings. The van der Waals surface area contributed by atoms with Gasteiger partial charge in [-0.1, -0.05) is 47.0 Å². The molecule has 5 aromatic heterocycles. The number of methoxy groups -OCH3 is 6. The van der Waals surface area contributed by atoms with Crippen LogP contribution in [0.4, 0.5) is 38.9 Å². The molecule has 0 bridgehead atoms. The van der Waals surface area contributed by atoms with E-state index in [4.69, 9.17) is 63.1 Å². The summed E-state index contributed by atoms with van der Waals surface area (Å²) in [6.07, 6.45) is 15.7. The molecule has 117 heavy (non-hydrogen) atoms. The number of likely N-dealkylation sites (tertiary alicyclic amines) is 1. The minimum Gasteiger partial charge on any atom is -0.497 e. The fraction of sp³-hybridized carbons (Fsp3) is 0.416. The van der Waals surface area contributed by atoms with E-state index in [2.05, 4.69) is 132 Å². The molecular weight excluding hydrogens is 1480 g/mol. The number of benzene rings is 6. The molecule has 28 heteroatoms. The number of hydrazine groups is 1. The number of carbonyl (C=O) groups excluding carboxylic acids is 1. The number of amides is 1. The first kappa shape index (κ1) is 86.0. The second-order valence-electron chi connectivity index (χ2n) is 30.3. The molecule has 8 heterocycles. The molecule has 0 spiro atoms. The van der Waals surface area contributed by atoms with Gasteiger partial charge in [0.15, 0.2) is 0 Å². The van der Waals surface area contributed by atoms with E-state index in [0.29, 0.717) is 62.8 Å². The maximum absolute atomic E-state index is 12.5. The predicted octanol–water partition coefficient (Wildman–Crippen LogP) is 14.8. The summed E-state index contributed by atoms with van der Waals surface area (Å²) in [6.45, 7) is 22.8. The van der Waals surface area contributed by atoms with E-state index in [9.17, 15) is 4.79 Å². The first-order chi connectivity index (χ1) is 56.1. The number of aryl methyl sites for hydroxylation is 1. The number of nitrogens with zero attached hydrogens (tertiary/aromatic N) is 16. The number of fused-ring (bicyclic) bond motifs is 3. The summed E-state index contributed by atoms with van der Waals surface area (Å²) in [7, 11) is 12.0. The van der Waals surface area contributed by atoms with Gasteiger partial charge in [0.2, 0.25) is 0 Å². The fourth-order valence-electron chi connectivity index (χ4n) is 13.8. The summed E-state index contributed by atoms with van der Waals surface area (Å²) in [5.74, 6) is 11.7. The first-order valence-electron chi connectivity index (χ1n) is 39.4. The Bertz CT molecular complexity index is 5160. The zero-order valence-corrected chi connectivity index (χ0v) is 69.0. The van der Waals surface area contributed by atoms with Crippen LogP contribution in [0.25, 0.3) is 55.6 Å². The first-order valence-corrected chi connectivity index (χ1v) is 39.4. The van der Waals surface area contributed by atoms with Gasteiger partial charge in [-0.2, -0.15) is 15.5 Å². The Morgan fingerprint density at radius 1 is 0.590 bits per heavy atom. The summed E-state index contributed by atoms with van der Waals surface area (Å²) in [6, 6.07) is 39.2. The molecule has 3 fully saturated rings. The molecule has 28 nitrogen and oxygen atoms in total. The third kappa shape index (κ3) is 23.0. The molecule has 3 N–H and O–H groups in total. The number of nitriles is 1.